The molecule has 0 spiro atoms. The van der Waals surface area contributed by atoms with Crippen LogP contribution < -0.4 is 14.8 Å². The number of carboxylic acid groups (broad SMARTS) is 1. The molecule has 2 aromatic carbocycles. The minimum absolute atomic E-state index is 0.0933. The molecule has 2 heterocycles. The van der Waals surface area contributed by atoms with Crippen LogP contribution in [0.15, 0.2) is 93.9 Å². The molecular weight excluding hydrogens is 1000 g/mol. The Hall–Kier alpha value is -4.87. The fraction of sp³-hybridized carbons (Fsp3) is 0.544. The SMILES string of the molecule is COCCOCCOCCOCCOCC[N+](CCOCCOCCOCCOCCOC)=c1ccc2c(-c3ccccc3)c(C)c(/C=C/C=C3/N(CCCCCC(=O)O)c4ccc(S(=O)(=O)O)cc4C3(C)C)oc-2c1. The number of rotatable bonds is 40. The molecule has 0 aromatic heterocycles. The van der Waals surface area contributed by atoms with Gasteiger partial charge in [0, 0.05) is 61.2 Å². The van der Waals surface area contributed by atoms with Crippen LogP contribution in [0.1, 0.15) is 56.4 Å². The molecule has 0 bridgehead atoms. The lowest BCUT2D eigenvalue weighted by atomic mass is 9.83. The van der Waals surface area contributed by atoms with Gasteiger partial charge in [0.15, 0.2) is 13.1 Å². The summed E-state index contributed by atoms with van der Waals surface area (Å²) in [5, 5.41) is 10.1. The van der Waals surface area contributed by atoms with Crippen molar-refractivity contribution in [3.05, 3.63) is 107 Å². The summed E-state index contributed by atoms with van der Waals surface area (Å²) >= 11 is 0. The van der Waals surface area contributed by atoms with Crippen molar-refractivity contribution >= 4 is 27.9 Å². The van der Waals surface area contributed by atoms with Gasteiger partial charge in [0.2, 0.25) is 5.36 Å². The number of benzene rings is 3. The van der Waals surface area contributed by atoms with Gasteiger partial charge in [0.25, 0.3) is 10.1 Å². The Kier molecular flexibility index (Phi) is 27.8. The van der Waals surface area contributed by atoms with E-state index in [4.69, 9.17) is 51.8 Å². The summed E-state index contributed by atoms with van der Waals surface area (Å²) < 4.78 is 99.1. The average molecular weight is 1080 g/mol. The molecule has 1 aliphatic carbocycles. The molecule has 0 radical (unpaired) electrons. The zero-order valence-electron chi connectivity index (χ0n) is 45.2. The lowest BCUT2D eigenvalue weighted by Crippen LogP contribution is -2.36. The first-order chi connectivity index (χ1) is 36.9. The van der Waals surface area contributed by atoms with Crippen molar-refractivity contribution in [3.63, 3.8) is 0 Å². The van der Waals surface area contributed by atoms with Gasteiger partial charge in [-0.05, 0) is 72.9 Å². The predicted octanol–water partition coefficient (Wildman–Crippen LogP) is 7.14. The molecule has 0 saturated heterocycles. The van der Waals surface area contributed by atoms with Gasteiger partial charge in [-0.3, -0.25) is 9.35 Å². The highest BCUT2D eigenvalue weighted by atomic mass is 32.2. The Labute approximate surface area is 449 Å². The molecule has 2 aliphatic heterocycles. The number of methoxy groups -OCH3 is 2. The van der Waals surface area contributed by atoms with Crippen LogP contribution in [0.25, 0.3) is 28.5 Å². The third kappa shape index (κ3) is 20.5. The summed E-state index contributed by atoms with van der Waals surface area (Å²) in [6, 6.07) is 21.2. The fourth-order valence-electron chi connectivity index (χ4n) is 8.69. The number of aliphatic carboxylic acids is 1. The molecule has 0 fully saturated rings. The van der Waals surface area contributed by atoms with E-state index in [-0.39, 0.29) is 11.3 Å². The van der Waals surface area contributed by atoms with Crippen LogP contribution in [-0.4, -0.2) is 177 Å². The van der Waals surface area contributed by atoms with E-state index in [9.17, 15) is 22.9 Å². The second-order valence-electron chi connectivity index (χ2n) is 18.4. The van der Waals surface area contributed by atoms with Gasteiger partial charge >= 0.3 is 5.97 Å². The molecule has 3 aliphatic rings. The van der Waals surface area contributed by atoms with Crippen molar-refractivity contribution in [1.29, 1.82) is 0 Å². The monoisotopic (exact) mass is 1080 g/mol. The number of allylic oxidation sites excluding steroid dienone is 3. The number of nitrogens with zero attached hydrogens (tertiary/aromatic N) is 2. The van der Waals surface area contributed by atoms with Gasteiger partial charge in [-0.2, -0.15) is 8.42 Å². The summed E-state index contributed by atoms with van der Waals surface area (Å²) in [4.78, 5) is 13.2. The number of anilines is 1. The first-order valence-corrected chi connectivity index (χ1v) is 27.6. The zero-order valence-corrected chi connectivity index (χ0v) is 46.0. The van der Waals surface area contributed by atoms with E-state index >= 15 is 0 Å². The summed E-state index contributed by atoms with van der Waals surface area (Å²) in [6.07, 6.45) is 8.00. The Morgan fingerprint density at radius 1 is 0.671 bits per heavy atom. The molecule has 0 saturated carbocycles. The number of carboxylic acids is 1. The van der Waals surface area contributed by atoms with Gasteiger partial charge < -0.3 is 61.8 Å². The molecule has 0 atom stereocenters. The number of ether oxygens (including phenoxy) is 10. The van der Waals surface area contributed by atoms with E-state index in [1.165, 1.54) is 12.1 Å². The second-order valence-corrected chi connectivity index (χ2v) is 19.9. The van der Waals surface area contributed by atoms with E-state index in [1.54, 1.807) is 20.3 Å². The predicted molar refractivity (Wildman–Crippen MR) is 291 cm³/mol. The van der Waals surface area contributed by atoms with Crippen molar-refractivity contribution in [1.82, 2.24) is 4.58 Å². The molecule has 76 heavy (non-hydrogen) atoms. The number of hydrogen-bond donors (Lipinski definition) is 2. The number of carbonyl (C=O) groups is 1. The maximum atomic E-state index is 12.3. The van der Waals surface area contributed by atoms with Crippen LogP contribution in [0, 0.1) is 6.92 Å². The third-order valence-corrected chi connectivity index (χ3v) is 13.5. The topological polar surface area (TPSA) is 203 Å². The number of hydrogen-bond acceptors (Lipinski definition) is 15. The summed E-state index contributed by atoms with van der Waals surface area (Å²) in [7, 11) is -1.17. The van der Waals surface area contributed by atoms with Crippen LogP contribution >= 0.6 is 0 Å². The second kappa shape index (κ2) is 34.1. The van der Waals surface area contributed by atoms with Crippen LogP contribution in [0.3, 0.4) is 0 Å². The Morgan fingerprint density at radius 2 is 1.20 bits per heavy atom. The average Bonchev–Trinajstić information content (AvgIpc) is 3.62. The van der Waals surface area contributed by atoms with Crippen molar-refractivity contribution in [2.45, 2.75) is 56.8 Å². The molecule has 420 valence electrons. The normalized spacial score (nSPS) is 13.9. The Morgan fingerprint density at radius 3 is 1.71 bits per heavy atom. The highest BCUT2D eigenvalue weighted by Crippen LogP contribution is 2.49. The van der Waals surface area contributed by atoms with E-state index in [0.717, 1.165) is 51.0 Å². The van der Waals surface area contributed by atoms with Crippen molar-refractivity contribution in [2.24, 2.45) is 0 Å². The summed E-state index contributed by atoms with van der Waals surface area (Å²) in [5.41, 5.74) is 5.83. The maximum Gasteiger partial charge on any atom is 0.303 e. The first-order valence-electron chi connectivity index (χ1n) is 26.2. The summed E-state index contributed by atoms with van der Waals surface area (Å²) in [5.74, 6) is 0.511. The van der Waals surface area contributed by atoms with Gasteiger partial charge in [-0.1, -0.05) is 56.7 Å². The van der Waals surface area contributed by atoms with E-state index in [0.29, 0.717) is 163 Å². The smallest absolute Gasteiger partial charge is 0.303 e. The number of unbranched alkanes of at least 4 members (excludes halogenated alkanes) is 2. The van der Waals surface area contributed by atoms with Crippen LogP contribution in [0.5, 0.6) is 0 Å². The maximum absolute atomic E-state index is 12.3. The summed E-state index contributed by atoms with van der Waals surface area (Å²) in [6.45, 7) is 16.4. The number of fused-ring (bicyclic) bond motifs is 2. The standard InChI is InChI=1S/C57H80N2O16S/c1-45-52(15-12-16-54-57(2,3)50-44-48(76(62,63)64)19-21-51(50)59(54)22-11-7-10-17-55(60)61)75-53-43-47(18-20-49(53)56(45)46-13-8-6-9-14-46)58(23-25-67-31-33-71-39-41-73-37-35-69-29-27-65-4)24-26-68-32-34-72-40-42-74-38-36-70-30-28-66-5/h6,8-9,12-16,18-21,43-44H,7,10-11,17,22-42H2,1-5H3,(H-,60,61,62,63,64)/p+1. The molecule has 2 aromatic rings. The molecule has 0 unspecified atom stereocenters. The molecule has 2 N–H and O–H groups in total. The van der Waals surface area contributed by atoms with Crippen molar-refractivity contribution in [3.8, 4) is 22.5 Å². The Bertz CT molecular complexity index is 2510. The minimum Gasteiger partial charge on any atom is -0.481 e. The van der Waals surface area contributed by atoms with E-state index in [1.807, 2.05) is 50.3 Å². The third-order valence-electron chi connectivity index (χ3n) is 12.7. The highest BCUT2D eigenvalue weighted by molar-refractivity contribution is 7.85. The Balaban J connectivity index is 1.36. The molecule has 18 nitrogen and oxygen atoms in total. The first kappa shape index (κ1) is 62.0. The van der Waals surface area contributed by atoms with Gasteiger partial charge in [-0.15, -0.1) is 0 Å². The zero-order chi connectivity index (χ0) is 54.4. The molecule has 19 heteroatoms. The van der Waals surface area contributed by atoms with Crippen molar-refractivity contribution in [2.75, 3.05) is 158 Å². The molecule has 0 amide bonds. The molecular formula is C57H81N2O16S+. The van der Waals surface area contributed by atoms with E-state index in [2.05, 4.69) is 46.7 Å². The lowest BCUT2D eigenvalue weighted by Gasteiger charge is -2.27. The minimum atomic E-state index is -4.45. The fourth-order valence-corrected chi connectivity index (χ4v) is 9.19. The van der Waals surface area contributed by atoms with Crippen LogP contribution in [-0.2, 0) is 67.7 Å². The van der Waals surface area contributed by atoms with Crippen LogP contribution in [0.2, 0.25) is 0 Å². The van der Waals surface area contributed by atoms with Gasteiger partial charge in [-0.25, -0.2) is 4.58 Å². The van der Waals surface area contributed by atoms with Crippen LogP contribution in [0.4, 0.5) is 5.69 Å². The van der Waals surface area contributed by atoms with E-state index < -0.39 is 21.5 Å². The quantitative estimate of drug-likeness (QED) is 0.0258. The van der Waals surface area contributed by atoms with Gasteiger partial charge in [0.1, 0.15) is 24.7 Å². The highest BCUT2D eigenvalue weighted by Gasteiger charge is 2.40. The van der Waals surface area contributed by atoms with Crippen molar-refractivity contribution < 1.29 is 74.7 Å². The molecule has 5 rings (SSSR count). The largest absolute Gasteiger partial charge is 0.481 e. The lowest BCUT2D eigenvalue weighted by molar-refractivity contribution is -0.137. The van der Waals surface area contributed by atoms with Gasteiger partial charge in [0.05, 0.1) is 117 Å².